The summed E-state index contributed by atoms with van der Waals surface area (Å²) in [5.41, 5.74) is 0.192. The molecule has 0 aliphatic heterocycles. The predicted molar refractivity (Wildman–Crippen MR) is 86.1 cm³/mol. The van der Waals surface area contributed by atoms with Crippen molar-refractivity contribution >= 4 is 22.9 Å². The number of nitrogens with zero attached hydrogens (tertiary/aromatic N) is 3. The van der Waals surface area contributed by atoms with Crippen LogP contribution in [0.15, 0.2) is 14.7 Å². The van der Waals surface area contributed by atoms with Gasteiger partial charge in [-0.3, -0.25) is 14.3 Å². The minimum atomic E-state index is -0.420. The number of aromatic amines is 1. The number of hydrogen-bond donors (Lipinski definition) is 1. The summed E-state index contributed by atoms with van der Waals surface area (Å²) < 4.78 is 3.34. The van der Waals surface area contributed by atoms with Gasteiger partial charge in [-0.1, -0.05) is 38.5 Å². The van der Waals surface area contributed by atoms with E-state index in [9.17, 15) is 9.59 Å². The van der Waals surface area contributed by atoms with E-state index in [0.29, 0.717) is 11.2 Å². The summed E-state index contributed by atoms with van der Waals surface area (Å²) >= 11 is 1.66. The van der Waals surface area contributed by atoms with Crippen LogP contribution in [0.5, 0.6) is 0 Å². The minimum absolute atomic E-state index is 0.352. The largest absolute Gasteiger partial charge is 0.329 e. The lowest BCUT2D eigenvalue weighted by molar-refractivity contribution is 0.636. The van der Waals surface area contributed by atoms with Gasteiger partial charge in [0.2, 0.25) is 0 Å². The van der Waals surface area contributed by atoms with Crippen LogP contribution >= 0.6 is 11.8 Å². The van der Waals surface area contributed by atoms with Crippen molar-refractivity contribution in [3.8, 4) is 0 Å². The first-order valence-electron chi connectivity index (χ1n) is 7.42. The first-order valence-corrected chi connectivity index (χ1v) is 8.41. The first kappa shape index (κ1) is 15.9. The summed E-state index contributed by atoms with van der Waals surface area (Å²) in [6.45, 7) is 4.97. The molecule has 0 amide bonds. The lowest BCUT2D eigenvalue weighted by atomic mass is 10.3. The van der Waals surface area contributed by atoms with Gasteiger partial charge >= 0.3 is 5.69 Å². The molecule has 0 aliphatic carbocycles. The molecule has 0 radical (unpaired) electrons. The number of thioether (sulfide) groups is 1. The van der Waals surface area contributed by atoms with Crippen molar-refractivity contribution in [3.63, 3.8) is 0 Å². The fraction of sp³-hybridized carbons (Fsp3) is 0.643. The zero-order valence-corrected chi connectivity index (χ0v) is 13.6. The van der Waals surface area contributed by atoms with Crippen LogP contribution in [0.2, 0.25) is 0 Å². The van der Waals surface area contributed by atoms with Crippen LogP contribution in [0.25, 0.3) is 11.2 Å². The van der Waals surface area contributed by atoms with Crippen molar-refractivity contribution in [1.29, 1.82) is 0 Å². The first-order chi connectivity index (χ1) is 10.1. The van der Waals surface area contributed by atoms with Gasteiger partial charge in [-0.2, -0.15) is 0 Å². The maximum Gasteiger partial charge on any atom is 0.329 e. The van der Waals surface area contributed by atoms with Crippen molar-refractivity contribution in [2.75, 3.05) is 5.75 Å². The normalized spacial score (nSPS) is 11.4. The average molecular weight is 310 g/mol. The van der Waals surface area contributed by atoms with E-state index in [1.54, 1.807) is 18.8 Å². The second kappa shape index (κ2) is 6.98. The Balaban J connectivity index is 2.47. The summed E-state index contributed by atoms with van der Waals surface area (Å²) in [5.74, 6) is 0.979. The van der Waals surface area contributed by atoms with Gasteiger partial charge in [0.25, 0.3) is 5.56 Å². The zero-order valence-electron chi connectivity index (χ0n) is 12.8. The number of nitrogens with one attached hydrogen (secondary N) is 1. The minimum Gasteiger partial charge on any atom is -0.313 e. The van der Waals surface area contributed by atoms with E-state index < -0.39 is 5.69 Å². The third kappa shape index (κ3) is 3.23. The number of unbranched alkanes of at least 4 members (excludes halogenated alkanes) is 2. The lowest BCUT2D eigenvalue weighted by Gasteiger charge is -2.06. The average Bonchev–Trinajstić information content (AvgIpc) is 2.81. The number of rotatable bonds is 7. The maximum absolute atomic E-state index is 12.1. The third-order valence-electron chi connectivity index (χ3n) is 3.40. The Labute approximate surface area is 127 Å². The van der Waals surface area contributed by atoms with Gasteiger partial charge < -0.3 is 4.57 Å². The molecule has 2 heterocycles. The molecule has 0 spiro atoms. The van der Waals surface area contributed by atoms with E-state index in [0.717, 1.165) is 30.3 Å². The van der Waals surface area contributed by atoms with Crippen molar-refractivity contribution in [2.45, 2.75) is 51.2 Å². The van der Waals surface area contributed by atoms with Gasteiger partial charge in [0, 0.05) is 19.3 Å². The van der Waals surface area contributed by atoms with E-state index in [1.165, 1.54) is 17.4 Å². The highest BCUT2D eigenvalue weighted by Crippen LogP contribution is 2.23. The van der Waals surface area contributed by atoms with E-state index in [4.69, 9.17) is 0 Å². The Hall–Kier alpha value is -1.50. The van der Waals surface area contributed by atoms with E-state index >= 15 is 0 Å². The summed E-state index contributed by atoms with van der Waals surface area (Å²) in [4.78, 5) is 30.7. The molecule has 2 aromatic heterocycles. The maximum atomic E-state index is 12.1. The molecule has 0 aliphatic rings. The van der Waals surface area contributed by atoms with Crippen LogP contribution in [-0.2, 0) is 13.6 Å². The smallest absolute Gasteiger partial charge is 0.313 e. The monoisotopic (exact) mass is 310 g/mol. The molecule has 0 saturated carbocycles. The van der Waals surface area contributed by atoms with Gasteiger partial charge in [0.1, 0.15) is 0 Å². The number of fused-ring (bicyclic) bond motifs is 1. The quantitative estimate of drug-likeness (QED) is 0.628. The predicted octanol–water partition coefficient (Wildman–Crippen LogP) is 2.12. The van der Waals surface area contributed by atoms with Gasteiger partial charge in [0.15, 0.2) is 16.3 Å². The number of imidazole rings is 1. The third-order valence-corrected chi connectivity index (χ3v) is 4.46. The Morgan fingerprint density at radius 1 is 1.19 bits per heavy atom. The van der Waals surface area contributed by atoms with Crippen LogP contribution in [0, 0.1) is 0 Å². The molecule has 0 atom stereocenters. The summed E-state index contributed by atoms with van der Waals surface area (Å²) in [7, 11) is 1.63. The SMILES string of the molecule is CCCCCSc1nc2c(c(=O)[nH]c(=O)n2C)n1CCC. The standard InChI is InChI=1S/C14H22N4O2S/c1-4-6-7-9-21-14-15-11-10(18(14)8-5-2)12(19)16-13(20)17(11)3/h4-9H2,1-3H3,(H,16,19,20). The van der Waals surface area contributed by atoms with E-state index in [-0.39, 0.29) is 5.56 Å². The molecule has 21 heavy (non-hydrogen) atoms. The molecule has 0 unspecified atom stereocenters. The fourth-order valence-corrected chi connectivity index (χ4v) is 3.29. The fourth-order valence-electron chi connectivity index (χ4n) is 2.27. The van der Waals surface area contributed by atoms with Gasteiger partial charge in [-0.25, -0.2) is 9.78 Å². The van der Waals surface area contributed by atoms with Crippen LogP contribution in [0.3, 0.4) is 0 Å². The highest BCUT2D eigenvalue weighted by atomic mass is 32.2. The highest BCUT2D eigenvalue weighted by Gasteiger charge is 2.16. The molecule has 0 aromatic carbocycles. The number of hydrogen-bond acceptors (Lipinski definition) is 4. The molecular weight excluding hydrogens is 288 g/mol. The van der Waals surface area contributed by atoms with Crippen LogP contribution in [-0.4, -0.2) is 24.9 Å². The summed E-state index contributed by atoms with van der Waals surface area (Å²) in [6.07, 6.45) is 4.42. The Kier molecular flexibility index (Phi) is 5.27. The van der Waals surface area contributed by atoms with Gasteiger partial charge in [0.05, 0.1) is 0 Å². The Morgan fingerprint density at radius 3 is 2.62 bits per heavy atom. The van der Waals surface area contributed by atoms with Crippen LogP contribution in [0.4, 0.5) is 0 Å². The molecule has 0 saturated heterocycles. The molecular formula is C14H22N4O2S. The van der Waals surface area contributed by atoms with Gasteiger partial charge in [-0.05, 0) is 12.8 Å². The molecule has 116 valence electrons. The van der Waals surface area contributed by atoms with E-state index in [1.807, 2.05) is 4.57 Å². The van der Waals surface area contributed by atoms with Crippen molar-refractivity contribution < 1.29 is 0 Å². The van der Waals surface area contributed by atoms with Crippen LogP contribution in [0.1, 0.15) is 39.5 Å². The molecule has 0 bridgehead atoms. The molecule has 1 N–H and O–H groups in total. The van der Waals surface area contributed by atoms with Crippen LogP contribution < -0.4 is 11.2 Å². The van der Waals surface area contributed by atoms with Crippen molar-refractivity contribution in [3.05, 3.63) is 20.8 Å². The zero-order chi connectivity index (χ0) is 15.4. The second-order valence-electron chi connectivity index (χ2n) is 5.09. The Morgan fingerprint density at radius 2 is 1.95 bits per heavy atom. The number of H-pyrrole nitrogens is 1. The van der Waals surface area contributed by atoms with Gasteiger partial charge in [-0.15, -0.1) is 0 Å². The number of aromatic nitrogens is 4. The molecule has 2 aromatic rings. The summed E-state index contributed by atoms with van der Waals surface area (Å²) in [5, 5.41) is 0.828. The second-order valence-corrected chi connectivity index (χ2v) is 6.15. The lowest BCUT2D eigenvalue weighted by Crippen LogP contribution is -2.29. The van der Waals surface area contributed by atoms with E-state index in [2.05, 4.69) is 23.8 Å². The molecule has 2 rings (SSSR count). The molecule has 6 nitrogen and oxygen atoms in total. The Bertz CT molecular complexity index is 729. The number of aryl methyl sites for hydroxylation is 2. The molecule has 7 heteroatoms. The summed E-state index contributed by atoms with van der Waals surface area (Å²) in [6, 6.07) is 0. The van der Waals surface area contributed by atoms with Crippen molar-refractivity contribution in [2.24, 2.45) is 7.05 Å². The molecule has 0 fully saturated rings. The topological polar surface area (TPSA) is 72.7 Å². The van der Waals surface area contributed by atoms with Crippen molar-refractivity contribution in [1.82, 2.24) is 19.1 Å². The highest BCUT2D eigenvalue weighted by molar-refractivity contribution is 7.99.